The number of hydrogen-bond donors (Lipinski definition) is 1. The van der Waals surface area contributed by atoms with E-state index in [1.54, 1.807) is 6.07 Å². The average molecular weight is 250 g/mol. The molecule has 1 aliphatic carbocycles. The van der Waals surface area contributed by atoms with Crippen LogP contribution in [0.4, 0.5) is 0 Å². The molecule has 5 heteroatoms. The molecule has 1 N–H and O–H groups in total. The van der Waals surface area contributed by atoms with Gasteiger partial charge in [0.1, 0.15) is 12.4 Å². The van der Waals surface area contributed by atoms with Gasteiger partial charge in [-0.2, -0.15) is 5.10 Å². The zero-order valence-electron chi connectivity index (χ0n) is 9.19. The van der Waals surface area contributed by atoms with Gasteiger partial charge in [0.2, 0.25) is 0 Å². The fourth-order valence-corrected chi connectivity index (χ4v) is 1.79. The maximum Gasteiger partial charge on any atom is 0.162 e. The SMILES string of the molecule is Clc1cccc(OCc2nc(C3CC3)n[nH]2)c1. The highest BCUT2D eigenvalue weighted by atomic mass is 35.5. The van der Waals surface area contributed by atoms with Crippen molar-refractivity contribution in [1.29, 1.82) is 0 Å². The van der Waals surface area contributed by atoms with E-state index in [1.165, 1.54) is 12.8 Å². The minimum Gasteiger partial charge on any atom is -0.486 e. The van der Waals surface area contributed by atoms with Crippen LogP contribution in [0.15, 0.2) is 24.3 Å². The van der Waals surface area contributed by atoms with Crippen molar-refractivity contribution in [2.24, 2.45) is 0 Å². The molecular weight excluding hydrogens is 238 g/mol. The Balaban J connectivity index is 1.62. The summed E-state index contributed by atoms with van der Waals surface area (Å²) in [5.41, 5.74) is 0. The molecule has 0 amide bonds. The molecule has 0 bridgehead atoms. The predicted octanol–water partition coefficient (Wildman–Crippen LogP) is 2.91. The second-order valence-electron chi connectivity index (χ2n) is 4.16. The van der Waals surface area contributed by atoms with Gasteiger partial charge in [0.25, 0.3) is 0 Å². The third-order valence-electron chi connectivity index (χ3n) is 2.66. The summed E-state index contributed by atoms with van der Waals surface area (Å²) in [5.74, 6) is 2.97. The van der Waals surface area contributed by atoms with Gasteiger partial charge in [-0.05, 0) is 31.0 Å². The van der Waals surface area contributed by atoms with E-state index in [2.05, 4.69) is 15.2 Å². The smallest absolute Gasteiger partial charge is 0.162 e. The molecule has 1 fully saturated rings. The third-order valence-corrected chi connectivity index (χ3v) is 2.90. The van der Waals surface area contributed by atoms with E-state index in [9.17, 15) is 0 Å². The molecule has 0 aliphatic heterocycles. The lowest BCUT2D eigenvalue weighted by molar-refractivity contribution is 0.296. The number of aromatic nitrogens is 3. The van der Waals surface area contributed by atoms with Gasteiger partial charge in [0.15, 0.2) is 11.6 Å². The Kier molecular flexibility index (Phi) is 2.73. The van der Waals surface area contributed by atoms with Crippen LogP contribution in [0.25, 0.3) is 0 Å². The Labute approximate surface area is 104 Å². The maximum absolute atomic E-state index is 5.86. The van der Waals surface area contributed by atoms with Crippen LogP contribution in [0.5, 0.6) is 5.75 Å². The Bertz CT molecular complexity index is 522. The Morgan fingerprint density at radius 2 is 2.29 bits per heavy atom. The van der Waals surface area contributed by atoms with Gasteiger partial charge in [-0.15, -0.1) is 0 Å². The summed E-state index contributed by atoms with van der Waals surface area (Å²) < 4.78 is 5.57. The molecule has 0 atom stereocenters. The van der Waals surface area contributed by atoms with Crippen LogP contribution in [-0.4, -0.2) is 15.2 Å². The van der Waals surface area contributed by atoms with Crippen molar-refractivity contribution in [3.05, 3.63) is 40.9 Å². The standard InChI is InChI=1S/C12H12ClN3O/c13-9-2-1-3-10(6-9)17-7-11-14-12(16-15-11)8-4-5-8/h1-3,6,8H,4-5,7H2,(H,14,15,16). The van der Waals surface area contributed by atoms with Crippen molar-refractivity contribution in [2.45, 2.75) is 25.4 Å². The molecule has 1 saturated carbocycles. The predicted molar refractivity (Wildman–Crippen MR) is 64.1 cm³/mol. The Hall–Kier alpha value is -1.55. The van der Waals surface area contributed by atoms with Crippen LogP contribution in [0.1, 0.15) is 30.4 Å². The Morgan fingerprint density at radius 3 is 3.06 bits per heavy atom. The number of ether oxygens (including phenoxy) is 1. The first-order valence-corrected chi connectivity index (χ1v) is 5.98. The van der Waals surface area contributed by atoms with Gasteiger partial charge in [0, 0.05) is 10.9 Å². The first-order valence-electron chi connectivity index (χ1n) is 5.61. The highest BCUT2D eigenvalue weighted by molar-refractivity contribution is 6.30. The highest BCUT2D eigenvalue weighted by Gasteiger charge is 2.27. The van der Waals surface area contributed by atoms with E-state index in [0.717, 1.165) is 17.4 Å². The first-order chi connectivity index (χ1) is 8.31. The Morgan fingerprint density at radius 1 is 1.41 bits per heavy atom. The lowest BCUT2D eigenvalue weighted by atomic mass is 10.3. The van der Waals surface area contributed by atoms with Crippen molar-refractivity contribution in [1.82, 2.24) is 15.2 Å². The first kappa shape index (κ1) is 10.6. The molecule has 1 aromatic heterocycles. The van der Waals surface area contributed by atoms with E-state index in [-0.39, 0.29) is 0 Å². The molecule has 88 valence electrons. The quantitative estimate of drug-likeness (QED) is 0.906. The van der Waals surface area contributed by atoms with Crippen LogP contribution < -0.4 is 4.74 Å². The molecule has 17 heavy (non-hydrogen) atoms. The molecule has 0 radical (unpaired) electrons. The molecule has 4 nitrogen and oxygen atoms in total. The van der Waals surface area contributed by atoms with Gasteiger partial charge in [-0.25, -0.2) is 4.98 Å². The zero-order chi connectivity index (χ0) is 11.7. The molecular formula is C12H12ClN3O. The lowest BCUT2D eigenvalue weighted by Gasteiger charge is -2.03. The summed E-state index contributed by atoms with van der Waals surface area (Å²) in [5, 5.41) is 7.72. The van der Waals surface area contributed by atoms with Crippen LogP contribution in [-0.2, 0) is 6.61 Å². The minimum absolute atomic E-state index is 0.389. The number of aromatic amines is 1. The molecule has 1 heterocycles. The minimum atomic E-state index is 0.389. The fourth-order valence-electron chi connectivity index (χ4n) is 1.61. The summed E-state index contributed by atoms with van der Waals surface area (Å²) in [6.45, 7) is 0.389. The van der Waals surface area contributed by atoms with Crippen molar-refractivity contribution >= 4 is 11.6 Å². The van der Waals surface area contributed by atoms with E-state index < -0.39 is 0 Å². The number of rotatable bonds is 4. The summed E-state index contributed by atoms with van der Waals surface area (Å²) in [6, 6.07) is 7.31. The summed E-state index contributed by atoms with van der Waals surface area (Å²) in [7, 11) is 0. The third kappa shape index (κ3) is 2.58. The highest BCUT2D eigenvalue weighted by Crippen LogP contribution is 2.37. The van der Waals surface area contributed by atoms with Crippen LogP contribution in [0.3, 0.4) is 0 Å². The van der Waals surface area contributed by atoms with Crippen LogP contribution >= 0.6 is 11.6 Å². The molecule has 1 aromatic carbocycles. The fraction of sp³-hybridized carbons (Fsp3) is 0.333. The zero-order valence-corrected chi connectivity index (χ0v) is 9.94. The maximum atomic E-state index is 5.86. The second-order valence-corrected chi connectivity index (χ2v) is 4.60. The van der Waals surface area contributed by atoms with Gasteiger partial charge in [-0.3, -0.25) is 5.10 Å². The van der Waals surface area contributed by atoms with Gasteiger partial charge in [-0.1, -0.05) is 17.7 Å². The number of nitrogens with one attached hydrogen (secondary N) is 1. The molecule has 2 aromatic rings. The van der Waals surface area contributed by atoms with Crippen LogP contribution in [0, 0.1) is 0 Å². The topological polar surface area (TPSA) is 50.8 Å². The normalized spacial score (nSPS) is 14.9. The molecule has 0 unspecified atom stereocenters. The van der Waals surface area contributed by atoms with E-state index in [4.69, 9.17) is 16.3 Å². The van der Waals surface area contributed by atoms with Crippen LogP contribution in [0.2, 0.25) is 5.02 Å². The largest absolute Gasteiger partial charge is 0.486 e. The van der Waals surface area contributed by atoms with E-state index >= 15 is 0 Å². The van der Waals surface area contributed by atoms with Gasteiger partial charge < -0.3 is 4.74 Å². The molecule has 0 saturated heterocycles. The second kappa shape index (κ2) is 4.37. The van der Waals surface area contributed by atoms with Crippen molar-refractivity contribution in [2.75, 3.05) is 0 Å². The molecule has 0 spiro atoms. The molecule has 3 rings (SSSR count). The van der Waals surface area contributed by atoms with Crippen molar-refractivity contribution in [3.8, 4) is 5.75 Å². The monoisotopic (exact) mass is 249 g/mol. The van der Waals surface area contributed by atoms with Gasteiger partial charge >= 0.3 is 0 Å². The number of nitrogens with zero attached hydrogens (tertiary/aromatic N) is 2. The summed E-state index contributed by atoms with van der Waals surface area (Å²) in [4.78, 5) is 4.39. The average Bonchev–Trinajstić information content (AvgIpc) is 3.07. The van der Waals surface area contributed by atoms with Gasteiger partial charge in [0.05, 0.1) is 0 Å². The van der Waals surface area contributed by atoms with Crippen molar-refractivity contribution in [3.63, 3.8) is 0 Å². The van der Waals surface area contributed by atoms with E-state index in [1.807, 2.05) is 18.2 Å². The number of halogens is 1. The van der Waals surface area contributed by atoms with E-state index in [0.29, 0.717) is 17.5 Å². The number of benzene rings is 1. The summed E-state index contributed by atoms with van der Waals surface area (Å²) >= 11 is 5.86. The summed E-state index contributed by atoms with van der Waals surface area (Å²) in [6.07, 6.45) is 2.40. The van der Waals surface area contributed by atoms with Crippen molar-refractivity contribution < 1.29 is 4.74 Å². The lowest BCUT2D eigenvalue weighted by Crippen LogP contribution is -1.97. The molecule has 1 aliphatic rings. The number of H-pyrrole nitrogens is 1. The number of hydrogen-bond acceptors (Lipinski definition) is 3.